The lowest BCUT2D eigenvalue weighted by atomic mass is 10.0. The molecule has 0 aliphatic heterocycles. The molecular weight excluding hydrogens is 206 g/mol. The van der Waals surface area contributed by atoms with Crippen LogP contribution in [0.2, 0.25) is 0 Å². The molecule has 0 heterocycles. The van der Waals surface area contributed by atoms with Crippen molar-refractivity contribution in [3.8, 4) is 0 Å². The van der Waals surface area contributed by atoms with E-state index >= 15 is 0 Å². The van der Waals surface area contributed by atoms with Crippen LogP contribution in [0.4, 0.5) is 0 Å². The minimum Gasteiger partial charge on any atom is -0.480 e. The van der Waals surface area contributed by atoms with Gasteiger partial charge in [0.1, 0.15) is 6.04 Å². The van der Waals surface area contributed by atoms with Crippen molar-refractivity contribution in [2.45, 2.75) is 47.1 Å². The summed E-state index contributed by atoms with van der Waals surface area (Å²) < 4.78 is 0. The second-order valence-electron chi connectivity index (χ2n) is 5.68. The summed E-state index contributed by atoms with van der Waals surface area (Å²) in [4.78, 5) is 22.8. The van der Waals surface area contributed by atoms with E-state index in [1.54, 1.807) is 6.92 Å². The van der Waals surface area contributed by atoms with E-state index in [1.165, 1.54) is 0 Å². The van der Waals surface area contributed by atoms with Crippen LogP contribution in [0.1, 0.15) is 41.0 Å². The third kappa shape index (κ3) is 1.81. The molecule has 16 heavy (non-hydrogen) atoms. The second-order valence-corrected chi connectivity index (χ2v) is 5.68. The maximum absolute atomic E-state index is 11.9. The summed E-state index contributed by atoms with van der Waals surface area (Å²) in [5.74, 6) is -1.19. The van der Waals surface area contributed by atoms with Gasteiger partial charge in [-0.05, 0) is 17.3 Å². The first-order valence-corrected chi connectivity index (χ1v) is 5.69. The fourth-order valence-corrected chi connectivity index (χ4v) is 2.45. The Labute approximate surface area is 96.4 Å². The van der Waals surface area contributed by atoms with Crippen LogP contribution < -0.4 is 5.32 Å². The van der Waals surface area contributed by atoms with Crippen molar-refractivity contribution in [1.82, 2.24) is 5.32 Å². The van der Waals surface area contributed by atoms with E-state index < -0.39 is 12.0 Å². The van der Waals surface area contributed by atoms with Crippen LogP contribution >= 0.6 is 0 Å². The second kappa shape index (κ2) is 3.75. The van der Waals surface area contributed by atoms with Gasteiger partial charge >= 0.3 is 5.97 Å². The SMILES string of the molecule is CC[C@H](NC(=O)C1C(C)(C)C1(C)C)C(=O)O. The molecule has 0 saturated heterocycles. The topological polar surface area (TPSA) is 66.4 Å². The van der Waals surface area contributed by atoms with Crippen molar-refractivity contribution in [3.05, 3.63) is 0 Å². The largest absolute Gasteiger partial charge is 0.480 e. The average Bonchev–Trinajstić information content (AvgIpc) is 2.52. The molecule has 0 aromatic rings. The van der Waals surface area contributed by atoms with Crippen LogP contribution in [0.25, 0.3) is 0 Å². The highest BCUT2D eigenvalue weighted by atomic mass is 16.4. The molecule has 0 aromatic heterocycles. The van der Waals surface area contributed by atoms with Gasteiger partial charge in [-0.2, -0.15) is 0 Å². The quantitative estimate of drug-likeness (QED) is 0.767. The van der Waals surface area contributed by atoms with Crippen molar-refractivity contribution < 1.29 is 14.7 Å². The molecule has 0 radical (unpaired) electrons. The third-order valence-corrected chi connectivity index (χ3v) is 4.31. The van der Waals surface area contributed by atoms with Gasteiger partial charge in [0.05, 0.1) is 0 Å². The fraction of sp³-hybridized carbons (Fsp3) is 0.833. The number of aliphatic carboxylic acids is 1. The molecule has 1 aliphatic carbocycles. The fourth-order valence-electron chi connectivity index (χ4n) is 2.45. The maximum atomic E-state index is 11.9. The molecule has 0 aromatic carbocycles. The van der Waals surface area contributed by atoms with Gasteiger partial charge in [-0.3, -0.25) is 4.79 Å². The molecule has 0 unspecified atom stereocenters. The van der Waals surface area contributed by atoms with Crippen LogP contribution in [-0.4, -0.2) is 23.0 Å². The lowest BCUT2D eigenvalue weighted by Crippen LogP contribution is -2.41. The Morgan fingerprint density at radius 1 is 1.25 bits per heavy atom. The zero-order chi connectivity index (χ0) is 12.7. The zero-order valence-electron chi connectivity index (χ0n) is 10.6. The molecule has 1 saturated carbocycles. The predicted octanol–water partition coefficient (Wildman–Crippen LogP) is 1.65. The highest BCUT2D eigenvalue weighted by molar-refractivity contribution is 5.88. The number of rotatable bonds is 4. The van der Waals surface area contributed by atoms with Crippen LogP contribution in [0.3, 0.4) is 0 Å². The monoisotopic (exact) mass is 227 g/mol. The molecule has 1 atom stereocenters. The minimum atomic E-state index is -0.966. The van der Waals surface area contributed by atoms with Gasteiger partial charge < -0.3 is 10.4 Å². The van der Waals surface area contributed by atoms with E-state index in [0.29, 0.717) is 6.42 Å². The zero-order valence-corrected chi connectivity index (χ0v) is 10.6. The van der Waals surface area contributed by atoms with E-state index in [4.69, 9.17) is 5.11 Å². The smallest absolute Gasteiger partial charge is 0.326 e. The van der Waals surface area contributed by atoms with Crippen molar-refractivity contribution >= 4 is 11.9 Å². The Balaban J connectivity index is 2.66. The number of hydrogen-bond donors (Lipinski definition) is 2. The van der Waals surface area contributed by atoms with Gasteiger partial charge in [0.15, 0.2) is 0 Å². The molecule has 1 aliphatic rings. The Hall–Kier alpha value is -1.06. The number of hydrogen-bond acceptors (Lipinski definition) is 2. The number of amides is 1. The first-order chi connectivity index (χ1) is 7.16. The van der Waals surface area contributed by atoms with Crippen LogP contribution in [0.5, 0.6) is 0 Å². The van der Waals surface area contributed by atoms with Gasteiger partial charge in [0.25, 0.3) is 0 Å². The van der Waals surface area contributed by atoms with Gasteiger partial charge in [-0.25, -0.2) is 4.79 Å². The Morgan fingerprint density at radius 2 is 1.69 bits per heavy atom. The van der Waals surface area contributed by atoms with Gasteiger partial charge in [-0.15, -0.1) is 0 Å². The molecule has 1 fully saturated rings. The van der Waals surface area contributed by atoms with E-state index in [-0.39, 0.29) is 22.7 Å². The maximum Gasteiger partial charge on any atom is 0.326 e. The number of carbonyl (C=O) groups excluding carboxylic acids is 1. The Kier molecular flexibility index (Phi) is 3.05. The average molecular weight is 227 g/mol. The Bertz CT molecular complexity index is 306. The number of carboxylic acids is 1. The van der Waals surface area contributed by atoms with Crippen molar-refractivity contribution in [1.29, 1.82) is 0 Å². The molecule has 1 amide bonds. The van der Waals surface area contributed by atoms with Crippen LogP contribution in [0, 0.1) is 16.7 Å². The summed E-state index contributed by atoms with van der Waals surface area (Å²) in [7, 11) is 0. The highest BCUT2D eigenvalue weighted by Crippen LogP contribution is 2.68. The van der Waals surface area contributed by atoms with Gasteiger partial charge in [0.2, 0.25) is 5.91 Å². The van der Waals surface area contributed by atoms with E-state index in [2.05, 4.69) is 5.32 Å². The molecule has 4 heteroatoms. The van der Waals surface area contributed by atoms with Crippen LogP contribution in [0.15, 0.2) is 0 Å². The highest BCUT2D eigenvalue weighted by Gasteiger charge is 2.68. The number of carboxylic acid groups (broad SMARTS) is 1. The molecular formula is C12H21NO3. The van der Waals surface area contributed by atoms with Gasteiger partial charge in [-0.1, -0.05) is 34.6 Å². The lowest BCUT2D eigenvalue weighted by molar-refractivity contribution is -0.142. The predicted molar refractivity (Wildman–Crippen MR) is 60.9 cm³/mol. The summed E-state index contributed by atoms with van der Waals surface area (Å²) in [5, 5.41) is 11.5. The summed E-state index contributed by atoms with van der Waals surface area (Å²) in [6.07, 6.45) is 0.411. The lowest BCUT2D eigenvalue weighted by Gasteiger charge is -2.13. The van der Waals surface area contributed by atoms with Crippen molar-refractivity contribution in [2.75, 3.05) is 0 Å². The normalized spacial score (nSPS) is 23.6. The first kappa shape index (κ1) is 13.0. The summed E-state index contributed by atoms with van der Waals surface area (Å²) in [6.45, 7) is 9.91. The molecule has 4 nitrogen and oxygen atoms in total. The van der Waals surface area contributed by atoms with Crippen LogP contribution in [-0.2, 0) is 9.59 Å². The van der Waals surface area contributed by atoms with Crippen molar-refractivity contribution in [3.63, 3.8) is 0 Å². The first-order valence-electron chi connectivity index (χ1n) is 5.69. The molecule has 2 N–H and O–H groups in total. The van der Waals surface area contributed by atoms with E-state index in [1.807, 2.05) is 27.7 Å². The third-order valence-electron chi connectivity index (χ3n) is 4.31. The standard InChI is InChI=1S/C12H21NO3/c1-6-7(10(15)16)13-9(14)8-11(2,3)12(8,4)5/h7-8H,6H2,1-5H3,(H,13,14)(H,15,16)/t7-/m0/s1. The Morgan fingerprint density at radius 3 is 1.94 bits per heavy atom. The van der Waals surface area contributed by atoms with Gasteiger partial charge in [0, 0.05) is 5.92 Å². The molecule has 0 spiro atoms. The van der Waals surface area contributed by atoms with E-state index in [0.717, 1.165) is 0 Å². The summed E-state index contributed by atoms with van der Waals surface area (Å²) >= 11 is 0. The van der Waals surface area contributed by atoms with E-state index in [9.17, 15) is 9.59 Å². The summed E-state index contributed by atoms with van der Waals surface area (Å²) in [5.41, 5.74) is -0.0955. The minimum absolute atomic E-state index is 0.0477. The number of carbonyl (C=O) groups is 2. The number of nitrogens with one attached hydrogen (secondary N) is 1. The molecule has 1 rings (SSSR count). The molecule has 0 bridgehead atoms. The summed E-state index contributed by atoms with van der Waals surface area (Å²) in [6, 6.07) is -0.764. The molecule has 92 valence electrons. The van der Waals surface area contributed by atoms with Crippen molar-refractivity contribution in [2.24, 2.45) is 16.7 Å².